The van der Waals surface area contributed by atoms with Crippen molar-refractivity contribution in [3.05, 3.63) is 28.0 Å². The molecule has 0 aliphatic carbocycles. The fraction of sp³-hybridized carbons (Fsp3) is 0.500. The van der Waals surface area contributed by atoms with Gasteiger partial charge < -0.3 is 4.57 Å². The van der Waals surface area contributed by atoms with Crippen LogP contribution in [0.1, 0.15) is 26.6 Å². The molecule has 0 spiro atoms. The standard InChI is InChI=1S/C14H17Cl3N2/c1-14(2,3)8-19-12-7-10(17)9(16)6-11(12)18-13(19)4-5-15/h6-7H,4-5,8H2,1-3H3. The minimum atomic E-state index is 0.154. The second kappa shape index (κ2) is 5.51. The van der Waals surface area contributed by atoms with Crippen molar-refractivity contribution in [3.8, 4) is 0 Å². The van der Waals surface area contributed by atoms with Crippen molar-refractivity contribution in [3.63, 3.8) is 0 Å². The van der Waals surface area contributed by atoms with Gasteiger partial charge in [0.15, 0.2) is 0 Å². The van der Waals surface area contributed by atoms with Crippen LogP contribution in [0.25, 0.3) is 11.0 Å². The van der Waals surface area contributed by atoms with Crippen LogP contribution in [-0.2, 0) is 13.0 Å². The summed E-state index contributed by atoms with van der Waals surface area (Å²) in [6.07, 6.45) is 0.738. The Morgan fingerprint density at radius 2 is 1.79 bits per heavy atom. The van der Waals surface area contributed by atoms with E-state index >= 15 is 0 Å². The van der Waals surface area contributed by atoms with E-state index in [1.165, 1.54) is 0 Å². The van der Waals surface area contributed by atoms with Crippen molar-refractivity contribution in [1.29, 1.82) is 0 Å². The molecule has 0 amide bonds. The molecule has 1 aromatic heterocycles. The summed E-state index contributed by atoms with van der Waals surface area (Å²) in [7, 11) is 0. The van der Waals surface area contributed by atoms with Crippen LogP contribution in [0.2, 0.25) is 10.0 Å². The summed E-state index contributed by atoms with van der Waals surface area (Å²) in [5, 5.41) is 1.09. The Morgan fingerprint density at radius 3 is 2.37 bits per heavy atom. The number of fused-ring (bicyclic) bond motifs is 1. The molecule has 0 aliphatic heterocycles. The Kier molecular flexibility index (Phi) is 4.34. The van der Waals surface area contributed by atoms with Gasteiger partial charge in [0, 0.05) is 18.8 Å². The Balaban J connectivity index is 2.62. The third-order valence-corrected chi connectivity index (χ3v) is 3.73. The lowest BCUT2D eigenvalue weighted by atomic mass is 9.96. The van der Waals surface area contributed by atoms with E-state index in [9.17, 15) is 0 Å². The molecule has 2 nitrogen and oxygen atoms in total. The molecular weight excluding hydrogens is 303 g/mol. The highest BCUT2D eigenvalue weighted by Gasteiger charge is 2.18. The zero-order valence-corrected chi connectivity index (χ0v) is 13.6. The molecular formula is C14H17Cl3N2. The van der Waals surface area contributed by atoms with Gasteiger partial charge >= 0.3 is 0 Å². The summed E-state index contributed by atoms with van der Waals surface area (Å²) < 4.78 is 2.19. The highest BCUT2D eigenvalue weighted by atomic mass is 35.5. The van der Waals surface area contributed by atoms with Gasteiger partial charge in [-0.25, -0.2) is 4.98 Å². The molecule has 0 radical (unpaired) electrons. The van der Waals surface area contributed by atoms with Crippen molar-refractivity contribution < 1.29 is 0 Å². The normalized spacial score (nSPS) is 12.3. The van der Waals surface area contributed by atoms with E-state index in [1.54, 1.807) is 0 Å². The molecule has 0 saturated heterocycles. The van der Waals surface area contributed by atoms with E-state index in [-0.39, 0.29) is 5.41 Å². The molecule has 1 heterocycles. The molecule has 5 heteroatoms. The maximum Gasteiger partial charge on any atom is 0.111 e. The number of halogens is 3. The zero-order valence-electron chi connectivity index (χ0n) is 11.3. The fourth-order valence-corrected chi connectivity index (χ4v) is 2.58. The smallest absolute Gasteiger partial charge is 0.111 e. The van der Waals surface area contributed by atoms with Crippen LogP contribution < -0.4 is 0 Å². The monoisotopic (exact) mass is 318 g/mol. The van der Waals surface area contributed by atoms with Gasteiger partial charge in [0.05, 0.1) is 21.1 Å². The van der Waals surface area contributed by atoms with E-state index in [0.717, 1.165) is 29.8 Å². The van der Waals surface area contributed by atoms with E-state index in [4.69, 9.17) is 34.8 Å². The zero-order chi connectivity index (χ0) is 14.2. The van der Waals surface area contributed by atoms with Crippen LogP contribution in [-0.4, -0.2) is 15.4 Å². The summed E-state index contributed by atoms with van der Waals surface area (Å²) in [5.74, 6) is 1.54. The average Bonchev–Trinajstić information content (AvgIpc) is 2.57. The average molecular weight is 320 g/mol. The summed E-state index contributed by atoms with van der Waals surface area (Å²) in [5.41, 5.74) is 2.05. The van der Waals surface area contributed by atoms with Crippen LogP contribution in [0.4, 0.5) is 0 Å². The Bertz CT molecular complexity index is 597. The number of hydrogen-bond donors (Lipinski definition) is 0. The number of alkyl halides is 1. The number of nitrogens with zero attached hydrogens (tertiary/aromatic N) is 2. The van der Waals surface area contributed by atoms with Gasteiger partial charge in [-0.15, -0.1) is 11.6 Å². The summed E-state index contributed by atoms with van der Waals surface area (Å²) in [4.78, 5) is 4.62. The van der Waals surface area contributed by atoms with Crippen LogP contribution in [0.15, 0.2) is 12.1 Å². The minimum absolute atomic E-state index is 0.154. The highest BCUT2D eigenvalue weighted by Crippen LogP contribution is 2.30. The van der Waals surface area contributed by atoms with Crippen molar-refractivity contribution in [1.82, 2.24) is 9.55 Å². The molecule has 0 saturated carbocycles. The topological polar surface area (TPSA) is 17.8 Å². The first-order valence-electron chi connectivity index (χ1n) is 6.22. The summed E-state index contributed by atoms with van der Waals surface area (Å²) in [6.45, 7) is 7.45. The number of aromatic nitrogens is 2. The Hall–Kier alpha value is -0.440. The molecule has 0 aliphatic rings. The van der Waals surface area contributed by atoms with Gasteiger partial charge in [0.1, 0.15) is 5.82 Å². The van der Waals surface area contributed by atoms with Crippen LogP contribution in [0, 0.1) is 5.41 Å². The van der Waals surface area contributed by atoms with Gasteiger partial charge in [-0.1, -0.05) is 44.0 Å². The van der Waals surface area contributed by atoms with Gasteiger partial charge in [-0.3, -0.25) is 0 Å². The third kappa shape index (κ3) is 3.36. The van der Waals surface area contributed by atoms with Gasteiger partial charge in [0.25, 0.3) is 0 Å². The third-order valence-electron chi connectivity index (χ3n) is 2.82. The lowest BCUT2D eigenvalue weighted by molar-refractivity contribution is 0.343. The van der Waals surface area contributed by atoms with E-state index in [2.05, 4.69) is 30.3 Å². The maximum atomic E-state index is 6.12. The number of aryl methyl sites for hydroxylation is 1. The molecule has 2 aromatic rings. The molecule has 19 heavy (non-hydrogen) atoms. The molecule has 0 atom stereocenters. The largest absolute Gasteiger partial charge is 0.327 e. The predicted molar refractivity (Wildman–Crippen MR) is 83.6 cm³/mol. The summed E-state index contributed by atoms with van der Waals surface area (Å²) in [6, 6.07) is 3.70. The quantitative estimate of drug-likeness (QED) is 0.714. The number of benzene rings is 1. The summed E-state index contributed by atoms with van der Waals surface area (Å²) >= 11 is 18.0. The lowest BCUT2D eigenvalue weighted by Crippen LogP contribution is -2.17. The Morgan fingerprint density at radius 1 is 1.16 bits per heavy atom. The Labute approximate surface area is 128 Å². The molecule has 1 aromatic carbocycles. The second-order valence-electron chi connectivity index (χ2n) is 5.87. The van der Waals surface area contributed by atoms with Crippen molar-refractivity contribution >= 4 is 45.8 Å². The molecule has 0 unspecified atom stereocenters. The molecule has 0 fully saturated rings. The first-order valence-corrected chi connectivity index (χ1v) is 7.51. The maximum absolute atomic E-state index is 6.12. The van der Waals surface area contributed by atoms with Gasteiger partial charge in [-0.05, 0) is 17.5 Å². The first-order chi connectivity index (χ1) is 8.81. The first kappa shape index (κ1) is 15.0. The van der Waals surface area contributed by atoms with Gasteiger partial charge in [0.2, 0.25) is 0 Å². The predicted octanol–water partition coefficient (Wildman–Crippen LogP) is 5.17. The lowest BCUT2D eigenvalue weighted by Gasteiger charge is -2.21. The molecule has 2 rings (SSSR count). The molecule has 104 valence electrons. The SMILES string of the molecule is CC(C)(C)Cn1c(CCCl)nc2cc(Cl)c(Cl)cc21. The number of imidazole rings is 1. The van der Waals surface area contributed by atoms with Gasteiger partial charge in [-0.2, -0.15) is 0 Å². The van der Waals surface area contributed by atoms with Crippen LogP contribution in [0.5, 0.6) is 0 Å². The number of rotatable bonds is 3. The molecule has 0 bridgehead atoms. The van der Waals surface area contributed by atoms with Crippen LogP contribution >= 0.6 is 34.8 Å². The van der Waals surface area contributed by atoms with Crippen molar-refractivity contribution in [2.75, 3.05) is 5.88 Å². The van der Waals surface area contributed by atoms with E-state index < -0.39 is 0 Å². The van der Waals surface area contributed by atoms with Crippen molar-refractivity contribution in [2.45, 2.75) is 33.7 Å². The van der Waals surface area contributed by atoms with E-state index in [0.29, 0.717) is 15.9 Å². The van der Waals surface area contributed by atoms with Crippen LogP contribution in [0.3, 0.4) is 0 Å². The number of hydrogen-bond acceptors (Lipinski definition) is 1. The fourth-order valence-electron chi connectivity index (χ4n) is 2.10. The molecule has 0 N–H and O–H groups in total. The minimum Gasteiger partial charge on any atom is -0.327 e. The second-order valence-corrected chi connectivity index (χ2v) is 7.06. The van der Waals surface area contributed by atoms with E-state index in [1.807, 2.05) is 12.1 Å². The van der Waals surface area contributed by atoms with Crippen molar-refractivity contribution in [2.24, 2.45) is 5.41 Å². The highest BCUT2D eigenvalue weighted by molar-refractivity contribution is 6.42.